The van der Waals surface area contributed by atoms with Crippen LogP contribution in [-0.2, 0) is 9.53 Å². The van der Waals surface area contributed by atoms with Crippen LogP contribution < -0.4 is 0 Å². The van der Waals surface area contributed by atoms with E-state index in [0.717, 1.165) is 19.3 Å². The fourth-order valence-corrected chi connectivity index (χ4v) is 1.62. The molecule has 0 fully saturated rings. The molecule has 0 unspecified atom stereocenters. The highest BCUT2D eigenvalue weighted by molar-refractivity contribution is 5.37. The van der Waals surface area contributed by atoms with Gasteiger partial charge >= 0.3 is 0 Å². The number of rotatable bonds is 5. The summed E-state index contributed by atoms with van der Waals surface area (Å²) in [4.78, 5) is 9.93. The zero-order chi connectivity index (χ0) is 10.4. The van der Waals surface area contributed by atoms with Crippen LogP contribution >= 0.6 is 0 Å². The van der Waals surface area contributed by atoms with Crippen molar-refractivity contribution in [1.82, 2.24) is 0 Å². The maximum Gasteiger partial charge on any atom is 0.293 e. The number of carbonyl (C=O) groups is 1. The average molecular weight is 194 g/mol. The lowest BCUT2D eigenvalue weighted by molar-refractivity contribution is -0.128. The molecule has 0 bridgehead atoms. The zero-order valence-corrected chi connectivity index (χ0v) is 8.95. The van der Waals surface area contributed by atoms with Gasteiger partial charge in [0.05, 0.1) is 6.61 Å². The fourth-order valence-electron chi connectivity index (χ4n) is 1.62. The lowest BCUT2D eigenvalue weighted by Gasteiger charge is -2.16. The molecule has 14 heavy (non-hydrogen) atoms. The standard InChI is InChI=1S/C12H18O2/c1-10(2)12-5-3-11(4-6-12)7-8-14-9-13/h3,5,9-10H,4,6-8H2,1-2H3. The maximum absolute atomic E-state index is 9.93. The molecule has 1 aliphatic carbocycles. The number of allylic oxidation sites excluding steroid dienone is 3. The molecule has 0 heterocycles. The van der Waals surface area contributed by atoms with E-state index in [-0.39, 0.29) is 0 Å². The van der Waals surface area contributed by atoms with E-state index in [2.05, 4.69) is 30.7 Å². The van der Waals surface area contributed by atoms with Crippen molar-refractivity contribution in [2.75, 3.05) is 6.61 Å². The molecular weight excluding hydrogens is 176 g/mol. The molecule has 0 atom stereocenters. The van der Waals surface area contributed by atoms with Gasteiger partial charge < -0.3 is 4.74 Å². The van der Waals surface area contributed by atoms with Gasteiger partial charge in [0.2, 0.25) is 0 Å². The van der Waals surface area contributed by atoms with Gasteiger partial charge in [-0.1, -0.05) is 37.1 Å². The number of hydrogen-bond donors (Lipinski definition) is 0. The van der Waals surface area contributed by atoms with Gasteiger partial charge in [0.15, 0.2) is 0 Å². The van der Waals surface area contributed by atoms with Crippen LogP contribution in [0.25, 0.3) is 0 Å². The molecule has 0 saturated heterocycles. The van der Waals surface area contributed by atoms with E-state index < -0.39 is 0 Å². The third-order valence-corrected chi connectivity index (χ3v) is 2.62. The second-order valence-corrected chi connectivity index (χ2v) is 3.94. The molecule has 0 aromatic heterocycles. The van der Waals surface area contributed by atoms with E-state index in [1.807, 2.05) is 0 Å². The highest BCUT2D eigenvalue weighted by Gasteiger charge is 2.08. The highest BCUT2D eigenvalue weighted by atomic mass is 16.5. The molecule has 0 radical (unpaired) electrons. The molecule has 0 N–H and O–H groups in total. The van der Waals surface area contributed by atoms with Crippen molar-refractivity contribution in [3.8, 4) is 0 Å². The van der Waals surface area contributed by atoms with Gasteiger partial charge in [-0.25, -0.2) is 0 Å². The third kappa shape index (κ3) is 3.36. The van der Waals surface area contributed by atoms with Gasteiger partial charge in [0.1, 0.15) is 0 Å². The second kappa shape index (κ2) is 5.63. The summed E-state index contributed by atoms with van der Waals surface area (Å²) in [7, 11) is 0. The SMILES string of the molecule is CC(C)C1=CC=C(CCOC=O)CC1. The lowest BCUT2D eigenvalue weighted by atomic mass is 9.90. The molecule has 0 aromatic carbocycles. The van der Waals surface area contributed by atoms with Crippen molar-refractivity contribution in [2.24, 2.45) is 5.92 Å². The number of carbonyl (C=O) groups excluding carboxylic acids is 1. The summed E-state index contributed by atoms with van der Waals surface area (Å²) in [5.74, 6) is 0.652. The van der Waals surface area contributed by atoms with Gasteiger partial charge in [-0.3, -0.25) is 4.79 Å². The van der Waals surface area contributed by atoms with E-state index in [9.17, 15) is 4.79 Å². The Kier molecular flexibility index (Phi) is 4.44. The Hall–Kier alpha value is -1.05. The van der Waals surface area contributed by atoms with Gasteiger partial charge in [-0.15, -0.1) is 0 Å². The van der Waals surface area contributed by atoms with Crippen molar-refractivity contribution in [1.29, 1.82) is 0 Å². The van der Waals surface area contributed by atoms with Crippen molar-refractivity contribution >= 4 is 6.47 Å². The summed E-state index contributed by atoms with van der Waals surface area (Å²) >= 11 is 0. The highest BCUT2D eigenvalue weighted by Crippen LogP contribution is 2.25. The topological polar surface area (TPSA) is 26.3 Å². The minimum atomic E-state index is 0.513. The Labute approximate surface area is 85.6 Å². The van der Waals surface area contributed by atoms with Crippen molar-refractivity contribution in [2.45, 2.75) is 33.1 Å². The largest absolute Gasteiger partial charge is 0.468 e. The van der Waals surface area contributed by atoms with Crippen LogP contribution in [0.15, 0.2) is 23.3 Å². The predicted octanol–water partition coefficient (Wildman–Crippen LogP) is 2.85. The molecule has 1 rings (SSSR count). The van der Waals surface area contributed by atoms with Crippen LogP contribution in [0.4, 0.5) is 0 Å². The van der Waals surface area contributed by atoms with E-state index in [1.165, 1.54) is 11.1 Å². The molecular formula is C12H18O2. The quantitative estimate of drug-likeness (QED) is 0.497. The smallest absolute Gasteiger partial charge is 0.293 e. The first-order valence-corrected chi connectivity index (χ1v) is 5.17. The van der Waals surface area contributed by atoms with Crippen LogP contribution in [0.1, 0.15) is 33.1 Å². The molecule has 0 aliphatic heterocycles. The van der Waals surface area contributed by atoms with Crippen molar-refractivity contribution in [3.05, 3.63) is 23.3 Å². The summed E-state index contributed by atoms with van der Waals surface area (Å²) < 4.78 is 4.67. The fraction of sp³-hybridized carbons (Fsp3) is 0.583. The molecule has 2 nitrogen and oxygen atoms in total. The molecule has 2 heteroatoms. The van der Waals surface area contributed by atoms with Crippen LogP contribution in [0.3, 0.4) is 0 Å². The molecule has 0 aromatic rings. The maximum atomic E-state index is 9.93. The second-order valence-electron chi connectivity index (χ2n) is 3.94. The van der Waals surface area contributed by atoms with E-state index in [4.69, 9.17) is 0 Å². The van der Waals surface area contributed by atoms with Crippen LogP contribution in [-0.4, -0.2) is 13.1 Å². The van der Waals surface area contributed by atoms with Crippen molar-refractivity contribution in [3.63, 3.8) is 0 Å². The monoisotopic (exact) mass is 194 g/mol. The predicted molar refractivity (Wildman–Crippen MR) is 56.9 cm³/mol. The minimum absolute atomic E-state index is 0.513. The first-order valence-electron chi connectivity index (χ1n) is 5.17. The van der Waals surface area contributed by atoms with Gasteiger partial charge in [0, 0.05) is 6.42 Å². The normalized spacial score (nSPS) is 16.2. The van der Waals surface area contributed by atoms with Gasteiger partial charge in [-0.05, 0) is 18.8 Å². The van der Waals surface area contributed by atoms with Crippen molar-refractivity contribution < 1.29 is 9.53 Å². The first-order chi connectivity index (χ1) is 6.74. The minimum Gasteiger partial charge on any atom is -0.468 e. The Morgan fingerprint density at radius 3 is 2.71 bits per heavy atom. The van der Waals surface area contributed by atoms with Crippen LogP contribution in [0.2, 0.25) is 0 Å². The van der Waals surface area contributed by atoms with Crippen LogP contribution in [0, 0.1) is 5.92 Å². The Morgan fingerprint density at radius 1 is 1.43 bits per heavy atom. The van der Waals surface area contributed by atoms with Gasteiger partial charge in [0.25, 0.3) is 6.47 Å². The molecule has 0 spiro atoms. The lowest BCUT2D eigenvalue weighted by Crippen LogP contribution is -2.02. The summed E-state index contributed by atoms with van der Waals surface area (Å²) in [5.41, 5.74) is 2.90. The summed E-state index contributed by atoms with van der Waals surface area (Å²) in [6.07, 6.45) is 7.54. The van der Waals surface area contributed by atoms with Crippen LogP contribution in [0.5, 0.6) is 0 Å². The molecule has 0 saturated carbocycles. The molecule has 0 amide bonds. The summed E-state index contributed by atoms with van der Waals surface area (Å²) in [6.45, 7) is 5.47. The van der Waals surface area contributed by atoms with E-state index in [1.54, 1.807) is 0 Å². The summed E-state index contributed by atoms with van der Waals surface area (Å²) in [5, 5.41) is 0. The summed E-state index contributed by atoms with van der Waals surface area (Å²) in [6, 6.07) is 0. The van der Waals surface area contributed by atoms with E-state index in [0.29, 0.717) is 19.0 Å². The first kappa shape index (κ1) is 11.0. The zero-order valence-electron chi connectivity index (χ0n) is 8.95. The molecule has 78 valence electrons. The third-order valence-electron chi connectivity index (χ3n) is 2.62. The molecule has 1 aliphatic rings. The average Bonchev–Trinajstić information content (AvgIpc) is 2.19. The van der Waals surface area contributed by atoms with Gasteiger partial charge in [-0.2, -0.15) is 0 Å². The van der Waals surface area contributed by atoms with E-state index >= 15 is 0 Å². The number of hydrogen-bond acceptors (Lipinski definition) is 2. The Bertz CT molecular complexity index is 249. The Balaban J connectivity index is 2.39. The number of ether oxygens (including phenoxy) is 1. The Morgan fingerprint density at radius 2 is 2.21 bits per heavy atom.